The SMILES string of the molecule is CC(C)c1cccnc1-n1c(=O)[nH]c(=O)c2cc(Cl)c(-c3ccccc3F)cc21. The molecular formula is C22H17ClFN3O2. The summed E-state index contributed by atoms with van der Waals surface area (Å²) in [7, 11) is 0. The Labute approximate surface area is 170 Å². The van der Waals surface area contributed by atoms with Gasteiger partial charge in [0, 0.05) is 22.3 Å². The summed E-state index contributed by atoms with van der Waals surface area (Å²) in [6.45, 7) is 3.97. The molecule has 1 N–H and O–H groups in total. The highest BCUT2D eigenvalue weighted by atomic mass is 35.5. The summed E-state index contributed by atoms with van der Waals surface area (Å²) >= 11 is 6.38. The van der Waals surface area contributed by atoms with Crippen molar-refractivity contribution >= 4 is 22.5 Å². The van der Waals surface area contributed by atoms with E-state index in [4.69, 9.17) is 11.6 Å². The van der Waals surface area contributed by atoms with Crippen molar-refractivity contribution in [2.24, 2.45) is 0 Å². The number of nitrogens with one attached hydrogen (secondary N) is 1. The highest BCUT2D eigenvalue weighted by Gasteiger charge is 2.18. The Morgan fingerprint density at radius 3 is 2.55 bits per heavy atom. The van der Waals surface area contributed by atoms with Crippen LogP contribution in [0.2, 0.25) is 5.02 Å². The zero-order valence-electron chi connectivity index (χ0n) is 15.7. The van der Waals surface area contributed by atoms with Gasteiger partial charge in [0.05, 0.1) is 10.9 Å². The van der Waals surface area contributed by atoms with E-state index in [2.05, 4.69) is 9.97 Å². The molecule has 4 rings (SSSR count). The summed E-state index contributed by atoms with van der Waals surface area (Å²) in [6, 6.07) is 12.9. The fraction of sp³-hybridized carbons (Fsp3) is 0.136. The summed E-state index contributed by atoms with van der Waals surface area (Å²) in [5.74, 6) is 0.0506. The molecule has 0 radical (unpaired) electrons. The zero-order valence-corrected chi connectivity index (χ0v) is 16.5. The van der Waals surface area contributed by atoms with Gasteiger partial charge >= 0.3 is 5.69 Å². The predicted molar refractivity (Wildman–Crippen MR) is 112 cm³/mol. The van der Waals surface area contributed by atoms with Crippen LogP contribution in [0.1, 0.15) is 25.3 Å². The van der Waals surface area contributed by atoms with Gasteiger partial charge in [-0.3, -0.25) is 9.78 Å². The summed E-state index contributed by atoms with van der Waals surface area (Å²) in [4.78, 5) is 31.9. The monoisotopic (exact) mass is 409 g/mol. The number of pyridine rings is 1. The number of hydrogen-bond donors (Lipinski definition) is 1. The van der Waals surface area contributed by atoms with Crippen LogP contribution < -0.4 is 11.2 Å². The van der Waals surface area contributed by atoms with E-state index in [9.17, 15) is 14.0 Å². The molecule has 0 spiro atoms. The average Bonchev–Trinajstić information content (AvgIpc) is 2.69. The first-order chi connectivity index (χ1) is 13.9. The van der Waals surface area contributed by atoms with E-state index in [-0.39, 0.29) is 21.9 Å². The molecule has 2 aromatic carbocycles. The van der Waals surface area contributed by atoms with Gasteiger partial charge in [-0.2, -0.15) is 0 Å². The first-order valence-electron chi connectivity index (χ1n) is 9.07. The van der Waals surface area contributed by atoms with Crippen LogP contribution in [0.4, 0.5) is 4.39 Å². The van der Waals surface area contributed by atoms with Crippen molar-refractivity contribution in [1.82, 2.24) is 14.5 Å². The Hall–Kier alpha value is -3.25. The standard InChI is InChI=1S/C22H17ClFN3O2/c1-12(2)13-7-5-9-25-20(13)27-19-11-15(14-6-3-4-8-18(14)24)17(23)10-16(19)21(28)26-22(27)29/h3-12H,1-2H3,(H,26,28,29). The van der Waals surface area contributed by atoms with E-state index in [1.54, 1.807) is 36.5 Å². The number of H-pyrrole nitrogens is 1. The van der Waals surface area contributed by atoms with Gasteiger partial charge in [-0.05, 0) is 35.7 Å². The van der Waals surface area contributed by atoms with Crippen molar-refractivity contribution in [3.05, 3.63) is 92.0 Å². The third-order valence-corrected chi connectivity index (χ3v) is 5.12. The minimum atomic E-state index is -0.620. The van der Waals surface area contributed by atoms with Crippen LogP contribution in [0.5, 0.6) is 0 Å². The van der Waals surface area contributed by atoms with Gasteiger partial charge < -0.3 is 0 Å². The number of aromatic nitrogens is 3. The number of halogens is 2. The molecule has 7 heteroatoms. The first-order valence-corrected chi connectivity index (χ1v) is 9.45. The summed E-state index contributed by atoms with van der Waals surface area (Å²) in [6.07, 6.45) is 1.58. The Bertz CT molecular complexity index is 1360. The normalized spacial score (nSPS) is 11.3. The molecule has 146 valence electrons. The molecule has 0 bridgehead atoms. The van der Waals surface area contributed by atoms with E-state index in [0.29, 0.717) is 16.9 Å². The second kappa shape index (κ2) is 7.29. The lowest BCUT2D eigenvalue weighted by Gasteiger charge is -2.16. The maximum absolute atomic E-state index is 14.4. The maximum atomic E-state index is 14.4. The molecule has 29 heavy (non-hydrogen) atoms. The lowest BCUT2D eigenvalue weighted by Crippen LogP contribution is -2.30. The van der Waals surface area contributed by atoms with Crippen molar-refractivity contribution in [1.29, 1.82) is 0 Å². The quantitative estimate of drug-likeness (QED) is 0.535. The molecule has 0 unspecified atom stereocenters. The number of hydrogen-bond acceptors (Lipinski definition) is 3. The molecule has 0 saturated carbocycles. The molecule has 0 aliphatic rings. The number of rotatable bonds is 3. The third-order valence-electron chi connectivity index (χ3n) is 4.81. The van der Waals surface area contributed by atoms with Gasteiger partial charge in [-0.1, -0.05) is 49.7 Å². The zero-order chi connectivity index (χ0) is 20.7. The largest absolute Gasteiger partial charge is 0.334 e. The molecule has 0 fully saturated rings. The van der Waals surface area contributed by atoms with Crippen LogP contribution in [-0.2, 0) is 0 Å². The lowest BCUT2D eigenvalue weighted by molar-refractivity contribution is 0.631. The van der Waals surface area contributed by atoms with E-state index in [1.165, 1.54) is 16.7 Å². The molecule has 0 aliphatic heterocycles. The molecule has 0 saturated heterocycles. The Morgan fingerprint density at radius 2 is 1.83 bits per heavy atom. The van der Waals surface area contributed by atoms with E-state index in [0.717, 1.165) is 5.56 Å². The topological polar surface area (TPSA) is 67.8 Å². The molecule has 0 aliphatic carbocycles. The van der Waals surface area contributed by atoms with Crippen molar-refractivity contribution in [3.8, 4) is 16.9 Å². The molecule has 2 aromatic heterocycles. The van der Waals surface area contributed by atoms with Crippen LogP contribution in [0.3, 0.4) is 0 Å². The molecule has 4 aromatic rings. The highest BCUT2D eigenvalue weighted by Crippen LogP contribution is 2.33. The molecular weight excluding hydrogens is 393 g/mol. The Kier molecular flexibility index (Phi) is 4.80. The van der Waals surface area contributed by atoms with Crippen molar-refractivity contribution in [2.75, 3.05) is 0 Å². The number of nitrogens with zero attached hydrogens (tertiary/aromatic N) is 2. The third kappa shape index (κ3) is 3.25. The lowest BCUT2D eigenvalue weighted by atomic mass is 10.0. The Morgan fingerprint density at radius 1 is 1.07 bits per heavy atom. The van der Waals surface area contributed by atoms with Gasteiger partial charge in [0.1, 0.15) is 11.6 Å². The second-order valence-corrected chi connectivity index (χ2v) is 7.40. The Balaban J connectivity index is 2.15. The fourth-order valence-corrected chi connectivity index (χ4v) is 3.67. The maximum Gasteiger partial charge on any atom is 0.334 e. The van der Waals surface area contributed by atoms with Gasteiger partial charge in [0.2, 0.25) is 0 Å². The van der Waals surface area contributed by atoms with Gasteiger partial charge in [0.25, 0.3) is 5.56 Å². The van der Waals surface area contributed by atoms with E-state index in [1.807, 2.05) is 19.9 Å². The first kappa shape index (κ1) is 19.1. The number of benzene rings is 2. The molecule has 2 heterocycles. The van der Waals surface area contributed by atoms with Gasteiger partial charge in [-0.15, -0.1) is 0 Å². The summed E-state index contributed by atoms with van der Waals surface area (Å²) in [5.41, 5.74) is 0.629. The molecule has 0 amide bonds. The van der Waals surface area contributed by atoms with Crippen LogP contribution in [0, 0.1) is 5.82 Å². The predicted octanol–water partition coefficient (Wildman–Crippen LogP) is 4.66. The second-order valence-electron chi connectivity index (χ2n) is 6.99. The van der Waals surface area contributed by atoms with Crippen LogP contribution in [-0.4, -0.2) is 14.5 Å². The van der Waals surface area contributed by atoms with Crippen molar-refractivity contribution in [2.45, 2.75) is 19.8 Å². The van der Waals surface area contributed by atoms with E-state index < -0.39 is 17.1 Å². The number of fused-ring (bicyclic) bond motifs is 1. The number of aromatic amines is 1. The van der Waals surface area contributed by atoms with Crippen LogP contribution >= 0.6 is 11.6 Å². The van der Waals surface area contributed by atoms with Crippen molar-refractivity contribution < 1.29 is 4.39 Å². The van der Waals surface area contributed by atoms with Gasteiger partial charge in [-0.25, -0.2) is 18.7 Å². The van der Waals surface area contributed by atoms with E-state index >= 15 is 0 Å². The smallest absolute Gasteiger partial charge is 0.273 e. The summed E-state index contributed by atoms with van der Waals surface area (Å²) < 4.78 is 15.7. The highest BCUT2D eigenvalue weighted by molar-refractivity contribution is 6.34. The van der Waals surface area contributed by atoms with Crippen LogP contribution in [0.15, 0.2) is 64.3 Å². The van der Waals surface area contributed by atoms with Crippen LogP contribution in [0.25, 0.3) is 27.8 Å². The molecule has 0 atom stereocenters. The van der Waals surface area contributed by atoms with Crippen molar-refractivity contribution in [3.63, 3.8) is 0 Å². The average molecular weight is 410 g/mol. The van der Waals surface area contributed by atoms with Gasteiger partial charge in [0.15, 0.2) is 0 Å². The minimum absolute atomic E-state index is 0.0888. The molecule has 5 nitrogen and oxygen atoms in total. The minimum Gasteiger partial charge on any atom is -0.273 e. The summed E-state index contributed by atoms with van der Waals surface area (Å²) in [5, 5.41) is 0.429. The fourth-order valence-electron chi connectivity index (χ4n) is 3.40.